The molecule has 65 heavy (non-hydrogen) atoms. The van der Waals surface area contributed by atoms with Crippen LogP contribution in [0.15, 0.2) is 66.7 Å². The number of likely N-dealkylation sites (N-methyl/N-ethyl adjacent to an activating group) is 1. The molecular formula is C48H63N5O12. The van der Waals surface area contributed by atoms with Crippen molar-refractivity contribution in [2.75, 3.05) is 89.9 Å². The fraction of sp³-hybridized carbons (Fsp3) is 0.479. The van der Waals surface area contributed by atoms with Gasteiger partial charge in [-0.05, 0) is 60.7 Å². The Labute approximate surface area is 381 Å². The molecule has 17 heteroatoms. The number of nitrogens with two attached hydrogens (primary N) is 1. The number of carbonyl (C=O) groups is 5. The second kappa shape index (κ2) is 28.7. The van der Waals surface area contributed by atoms with Crippen molar-refractivity contribution in [3.8, 4) is 17.6 Å². The van der Waals surface area contributed by atoms with Crippen molar-refractivity contribution in [3.63, 3.8) is 0 Å². The third-order valence-electron chi connectivity index (χ3n) is 10.0. The van der Waals surface area contributed by atoms with Crippen LogP contribution in [0.1, 0.15) is 68.2 Å². The zero-order valence-corrected chi connectivity index (χ0v) is 37.6. The van der Waals surface area contributed by atoms with E-state index in [0.717, 1.165) is 27.3 Å². The molecule has 4 rings (SSSR count). The van der Waals surface area contributed by atoms with E-state index in [-0.39, 0.29) is 63.1 Å². The number of aliphatic hydroxyl groups is 1. The van der Waals surface area contributed by atoms with Crippen molar-refractivity contribution in [3.05, 3.63) is 89.0 Å². The number of fused-ring (bicyclic) bond motifs is 2. The lowest BCUT2D eigenvalue weighted by Crippen LogP contribution is -2.48. The number of nitrogens with zero attached hydrogens (tertiary/aromatic N) is 2. The average Bonchev–Trinajstić information content (AvgIpc) is 3.28. The molecule has 1 atom stereocenters. The molecule has 0 unspecified atom stereocenters. The van der Waals surface area contributed by atoms with Crippen molar-refractivity contribution >= 4 is 41.1 Å². The van der Waals surface area contributed by atoms with Crippen LogP contribution in [0.4, 0.5) is 16.2 Å². The monoisotopic (exact) mass is 901 g/mol. The average molecular weight is 902 g/mol. The highest BCUT2D eigenvalue weighted by Crippen LogP contribution is 2.27. The third-order valence-corrected chi connectivity index (χ3v) is 10.0. The Kier molecular flexibility index (Phi) is 22.8. The number of rotatable bonds is 29. The molecule has 1 heterocycles. The fourth-order valence-corrected chi connectivity index (χ4v) is 6.79. The van der Waals surface area contributed by atoms with Gasteiger partial charge in [-0.3, -0.25) is 24.1 Å². The highest BCUT2D eigenvalue weighted by Gasteiger charge is 2.29. The molecule has 5 N–H and O–H groups in total. The summed E-state index contributed by atoms with van der Waals surface area (Å²) in [4.78, 5) is 65.8. The number of unbranched alkanes of at least 4 members (excludes halogenated alkanes) is 1. The van der Waals surface area contributed by atoms with E-state index in [1.54, 1.807) is 36.9 Å². The first-order valence-corrected chi connectivity index (χ1v) is 21.9. The Morgan fingerprint density at radius 2 is 1.40 bits per heavy atom. The number of ether oxygens (including phenoxy) is 6. The lowest BCUT2D eigenvalue weighted by molar-refractivity contribution is -0.124. The Morgan fingerprint density at radius 1 is 0.769 bits per heavy atom. The van der Waals surface area contributed by atoms with Crippen LogP contribution in [0.2, 0.25) is 0 Å². The molecule has 0 fully saturated rings. The van der Waals surface area contributed by atoms with Gasteiger partial charge in [-0.15, -0.1) is 0 Å². The quantitative estimate of drug-likeness (QED) is 0.0571. The molecule has 0 aromatic heterocycles. The number of hydrogen-bond donors (Lipinski definition) is 4. The molecule has 0 saturated carbocycles. The van der Waals surface area contributed by atoms with Crippen LogP contribution in [-0.4, -0.2) is 125 Å². The Balaban J connectivity index is 0.979. The zero-order chi connectivity index (χ0) is 46.8. The normalized spacial score (nSPS) is 12.1. The molecule has 0 saturated heterocycles. The van der Waals surface area contributed by atoms with Gasteiger partial charge in [-0.1, -0.05) is 56.0 Å². The largest absolute Gasteiger partial charge is 0.491 e. The lowest BCUT2D eigenvalue weighted by atomic mass is 10.0. The number of benzene rings is 3. The van der Waals surface area contributed by atoms with Crippen molar-refractivity contribution in [2.24, 2.45) is 11.7 Å². The predicted octanol–water partition coefficient (Wildman–Crippen LogP) is 4.15. The zero-order valence-electron chi connectivity index (χ0n) is 37.6. The molecule has 0 radical (unpaired) electrons. The second-order valence-electron chi connectivity index (χ2n) is 15.4. The molecule has 352 valence electrons. The summed E-state index contributed by atoms with van der Waals surface area (Å²) in [5.41, 5.74) is 9.87. The fourth-order valence-electron chi connectivity index (χ4n) is 6.79. The number of hydrogen-bond acceptors (Lipinski definition) is 12. The van der Waals surface area contributed by atoms with Gasteiger partial charge in [0.1, 0.15) is 25.0 Å². The van der Waals surface area contributed by atoms with Crippen LogP contribution in [0, 0.1) is 17.8 Å². The van der Waals surface area contributed by atoms with Gasteiger partial charge in [0.15, 0.2) is 0 Å². The van der Waals surface area contributed by atoms with Gasteiger partial charge in [-0.2, -0.15) is 0 Å². The van der Waals surface area contributed by atoms with Gasteiger partial charge in [-0.25, -0.2) is 4.79 Å². The smallest absolute Gasteiger partial charge is 0.410 e. The maximum Gasteiger partial charge on any atom is 0.410 e. The lowest BCUT2D eigenvalue weighted by Gasteiger charge is -2.27. The summed E-state index contributed by atoms with van der Waals surface area (Å²) in [5.74, 6) is 5.53. The summed E-state index contributed by atoms with van der Waals surface area (Å²) in [6.45, 7) is 6.49. The highest BCUT2D eigenvalue weighted by molar-refractivity contribution is 5.95. The maximum atomic E-state index is 13.4. The highest BCUT2D eigenvalue weighted by atomic mass is 16.6. The molecular weight excluding hydrogens is 839 g/mol. The van der Waals surface area contributed by atoms with Crippen molar-refractivity contribution in [1.29, 1.82) is 0 Å². The summed E-state index contributed by atoms with van der Waals surface area (Å²) in [6, 6.07) is 19.5. The number of nitrogens with one attached hydrogen (secondary N) is 2. The van der Waals surface area contributed by atoms with Gasteiger partial charge in [0.2, 0.25) is 23.6 Å². The second-order valence-corrected chi connectivity index (χ2v) is 15.4. The van der Waals surface area contributed by atoms with Crippen LogP contribution < -0.4 is 26.0 Å². The maximum absolute atomic E-state index is 13.4. The number of primary amides is 1. The van der Waals surface area contributed by atoms with Gasteiger partial charge in [0.05, 0.1) is 78.1 Å². The van der Waals surface area contributed by atoms with Crippen LogP contribution in [-0.2, 0) is 56.0 Å². The molecule has 1 aliphatic heterocycles. The van der Waals surface area contributed by atoms with E-state index in [1.165, 1.54) is 7.05 Å². The Hall–Kier alpha value is -6.03. The summed E-state index contributed by atoms with van der Waals surface area (Å²) < 4.78 is 33.1. The van der Waals surface area contributed by atoms with E-state index in [1.807, 2.05) is 48.5 Å². The molecule has 17 nitrogen and oxygen atoms in total. The van der Waals surface area contributed by atoms with Gasteiger partial charge in [0.25, 0.3) is 0 Å². The van der Waals surface area contributed by atoms with Gasteiger partial charge in [0, 0.05) is 48.8 Å². The molecule has 5 amide bonds. The number of amides is 5. The molecule has 0 aliphatic carbocycles. The number of anilines is 2. The third kappa shape index (κ3) is 18.2. The molecule has 1 aliphatic rings. The van der Waals surface area contributed by atoms with E-state index in [9.17, 15) is 29.1 Å². The van der Waals surface area contributed by atoms with E-state index in [2.05, 4.69) is 22.5 Å². The number of aliphatic hydroxyl groups excluding tert-OH is 1. The minimum Gasteiger partial charge on any atom is -0.491 e. The van der Waals surface area contributed by atoms with E-state index >= 15 is 0 Å². The van der Waals surface area contributed by atoms with E-state index < -0.39 is 18.0 Å². The van der Waals surface area contributed by atoms with Crippen molar-refractivity contribution in [1.82, 2.24) is 10.2 Å². The first kappa shape index (κ1) is 51.6. The summed E-state index contributed by atoms with van der Waals surface area (Å²) in [6.07, 6.45) is 1.17. The van der Waals surface area contributed by atoms with Crippen LogP contribution >= 0.6 is 0 Å². The SMILES string of the molecule is CC(C)[C@@H](C(N)=O)N(C)C(=O)OCc1cc(NC(=O)CCOCCOCCOCCOCCNC(=O)CCCCC(=O)N2Cc3ccccc3C#Cc3ccccc32)ccc1OCCO. The van der Waals surface area contributed by atoms with Crippen LogP contribution in [0.25, 0.3) is 0 Å². The Bertz CT molecular complexity index is 2070. The van der Waals surface area contributed by atoms with Crippen molar-refractivity contribution in [2.45, 2.75) is 65.1 Å². The van der Waals surface area contributed by atoms with Crippen molar-refractivity contribution < 1.29 is 57.5 Å². The summed E-state index contributed by atoms with van der Waals surface area (Å²) in [5, 5.41) is 14.8. The summed E-state index contributed by atoms with van der Waals surface area (Å²) in [7, 11) is 1.43. The first-order chi connectivity index (χ1) is 31.5. The molecule has 0 spiro atoms. The minimum absolute atomic E-state index is 0.00188. The molecule has 0 bridgehead atoms. The van der Waals surface area contributed by atoms with E-state index in [4.69, 9.17) is 34.2 Å². The van der Waals surface area contributed by atoms with Crippen LogP contribution in [0.3, 0.4) is 0 Å². The van der Waals surface area contributed by atoms with Gasteiger partial charge >= 0.3 is 6.09 Å². The number of para-hydroxylation sites is 1. The summed E-state index contributed by atoms with van der Waals surface area (Å²) >= 11 is 0. The standard InChI is InChI=1S/C48H63N5O12/c1-35(2)46(47(49)58)52(3)48(59)65-34-39-32-40(18-19-42(39)64-25-22-54)51-44(56)20-23-60-26-28-62-30-31-63-29-27-61-24-21-50-43(55)14-8-9-15-45(57)53-33-38-12-5-4-10-36(38)16-17-37-11-6-7-13-41(37)53/h4-7,10-13,18-19,32,35,46,54H,8-9,14-15,20-31,33-34H2,1-3H3,(H2,49,58)(H,50,55)(H,51,56)/t46-/m0/s1. The molecule has 3 aromatic rings. The predicted molar refractivity (Wildman–Crippen MR) is 243 cm³/mol. The van der Waals surface area contributed by atoms with Gasteiger partial charge < -0.3 is 54.8 Å². The first-order valence-electron chi connectivity index (χ1n) is 21.9. The topological polar surface area (TPSA) is 218 Å². The minimum atomic E-state index is -0.856. The van der Waals surface area contributed by atoms with Crippen LogP contribution in [0.5, 0.6) is 5.75 Å². The Morgan fingerprint density at radius 3 is 2.09 bits per heavy atom. The van der Waals surface area contributed by atoms with E-state index in [0.29, 0.717) is 95.4 Å². The molecule has 3 aromatic carbocycles. The number of carbonyl (C=O) groups excluding carboxylic acids is 5.